The largest absolute Gasteiger partial charge is 0.497 e. The van der Waals surface area contributed by atoms with E-state index in [9.17, 15) is 4.79 Å². The van der Waals surface area contributed by atoms with Crippen LogP contribution in [-0.4, -0.2) is 29.9 Å². The number of rotatable bonds is 6. The van der Waals surface area contributed by atoms with Crippen molar-refractivity contribution < 1.29 is 14.3 Å². The van der Waals surface area contributed by atoms with Crippen molar-refractivity contribution in [2.75, 3.05) is 14.2 Å². The molecule has 0 aliphatic rings. The van der Waals surface area contributed by atoms with Crippen molar-refractivity contribution in [3.63, 3.8) is 0 Å². The second-order valence-electron chi connectivity index (χ2n) is 6.25. The number of nitrogens with one attached hydrogen (secondary N) is 1. The molecule has 0 fully saturated rings. The highest BCUT2D eigenvalue weighted by Gasteiger charge is 2.20. The van der Waals surface area contributed by atoms with Crippen molar-refractivity contribution in [1.82, 2.24) is 15.1 Å². The summed E-state index contributed by atoms with van der Waals surface area (Å²) < 4.78 is 12.1. The second-order valence-corrected chi connectivity index (χ2v) is 6.25. The van der Waals surface area contributed by atoms with Gasteiger partial charge < -0.3 is 14.8 Å². The van der Waals surface area contributed by atoms with E-state index in [4.69, 9.17) is 9.47 Å². The Morgan fingerprint density at radius 3 is 1.81 bits per heavy atom. The number of ether oxygens (including phenoxy) is 2. The van der Waals surface area contributed by atoms with Crippen molar-refractivity contribution in [3.8, 4) is 11.5 Å². The summed E-state index contributed by atoms with van der Waals surface area (Å²) in [6.07, 6.45) is 0. The molecule has 6 heteroatoms. The molecule has 1 N–H and O–H groups in total. The van der Waals surface area contributed by atoms with Crippen molar-refractivity contribution in [2.24, 2.45) is 7.05 Å². The highest BCUT2D eigenvalue weighted by molar-refractivity contribution is 5.93. The van der Waals surface area contributed by atoms with Gasteiger partial charge in [0.25, 0.3) is 5.91 Å². The fourth-order valence-electron chi connectivity index (χ4n) is 2.98. The number of hydrogen-bond donors (Lipinski definition) is 1. The Labute approximate surface area is 158 Å². The number of benzene rings is 2. The van der Waals surface area contributed by atoms with E-state index in [0.717, 1.165) is 28.3 Å². The number of amides is 1. The second kappa shape index (κ2) is 7.95. The van der Waals surface area contributed by atoms with Gasteiger partial charge in [0.05, 0.1) is 26.0 Å². The summed E-state index contributed by atoms with van der Waals surface area (Å²) >= 11 is 0. The summed E-state index contributed by atoms with van der Waals surface area (Å²) in [7, 11) is 5.02. The van der Waals surface area contributed by atoms with E-state index in [0.29, 0.717) is 5.69 Å². The minimum atomic E-state index is -0.315. The van der Waals surface area contributed by atoms with Crippen molar-refractivity contribution in [2.45, 2.75) is 13.0 Å². The Kier molecular flexibility index (Phi) is 5.45. The van der Waals surface area contributed by atoms with Crippen LogP contribution in [0.2, 0.25) is 0 Å². The van der Waals surface area contributed by atoms with Gasteiger partial charge in [-0.05, 0) is 48.4 Å². The van der Waals surface area contributed by atoms with Crippen molar-refractivity contribution in [1.29, 1.82) is 0 Å². The summed E-state index contributed by atoms with van der Waals surface area (Å²) in [5, 5.41) is 7.37. The van der Waals surface area contributed by atoms with Crippen molar-refractivity contribution >= 4 is 5.91 Å². The first kappa shape index (κ1) is 18.5. The molecule has 0 atom stereocenters. The summed E-state index contributed by atoms with van der Waals surface area (Å²) in [4.78, 5) is 12.9. The molecule has 6 nitrogen and oxygen atoms in total. The Bertz CT molecular complexity index is 867. The van der Waals surface area contributed by atoms with Crippen LogP contribution in [0.3, 0.4) is 0 Å². The summed E-state index contributed by atoms with van der Waals surface area (Å²) in [5.74, 6) is 1.34. The van der Waals surface area contributed by atoms with Crippen LogP contribution in [-0.2, 0) is 7.05 Å². The summed E-state index contributed by atoms with van der Waals surface area (Å²) in [5.41, 5.74) is 3.22. The maximum absolute atomic E-state index is 12.9. The SMILES string of the molecule is COc1ccc(C(NC(=O)c2cc(C)nn2C)c2ccc(OC)cc2)cc1. The van der Waals surface area contributed by atoms with Crippen LogP contribution < -0.4 is 14.8 Å². The molecule has 1 heterocycles. The van der Waals surface area contributed by atoms with Crippen LogP contribution in [0.5, 0.6) is 11.5 Å². The zero-order valence-electron chi connectivity index (χ0n) is 15.9. The van der Waals surface area contributed by atoms with Gasteiger partial charge >= 0.3 is 0 Å². The quantitative estimate of drug-likeness (QED) is 0.728. The zero-order chi connectivity index (χ0) is 19.4. The number of nitrogens with zero attached hydrogens (tertiary/aromatic N) is 2. The number of aryl methyl sites for hydroxylation is 2. The molecule has 0 bridgehead atoms. The summed E-state index contributed by atoms with van der Waals surface area (Å²) in [6.45, 7) is 1.86. The fourth-order valence-corrected chi connectivity index (χ4v) is 2.98. The number of carbonyl (C=O) groups excluding carboxylic acids is 1. The molecule has 0 unspecified atom stereocenters. The number of methoxy groups -OCH3 is 2. The molecular formula is C21H23N3O3. The van der Waals surface area contributed by atoms with E-state index in [1.165, 1.54) is 0 Å². The lowest BCUT2D eigenvalue weighted by atomic mass is 9.98. The average Bonchev–Trinajstić information content (AvgIpc) is 3.04. The molecule has 0 aliphatic heterocycles. The van der Waals surface area contributed by atoms with Crippen molar-refractivity contribution in [3.05, 3.63) is 77.1 Å². The van der Waals surface area contributed by atoms with Gasteiger partial charge in [0.1, 0.15) is 17.2 Å². The topological polar surface area (TPSA) is 65.4 Å². The molecule has 0 spiro atoms. The molecule has 1 aromatic heterocycles. The van der Waals surface area contributed by atoms with E-state index < -0.39 is 0 Å². The normalized spacial score (nSPS) is 10.7. The van der Waals surface area contributed by atoms with Gasteiger partial charge in [0.2, 0.25) is 0 Å². The fraction of sp³-hybridized carbons (Fsp3) is 0.238. The average molecular weight is 365 g/mol. The molecule has 2 aromatic carbocycles. The van der Waals surface area contributed by atoms with Crippen LogP contribution in [0.25, 0.3) is 0 Å². The van der Waals surface area contributed by atoms with E-state index in [-0.39, 0.29) is 11.9 Å². The van der Waals surface area contributed by atoms with Crippen LogP contribution in [0.4, 0.5) is 0 Å². The van der Waals surface area contributed by atoms with E-state index >= 15 is 0 Å². The zero-order valence-corrected chi connectivity index (χ0v) is 15.9. The minimum Gasteiger partial charge on any atom is -0.497 e. The van der Waals surface area contributed by atoms with Gasteiger partial charge in [-0.3, -0.25) is 9.48 Å². The number of aromatic nitrogens is 2. The lowest BCUT2D eigenvalue weighted by molar-refractivity contribution is 0.0933. The predicted molar refractivity (Wildman–Crippen MR) is 103 cm³/mol. The molecule has 1 amide bonds. The number of carbonyl (C=O) groups is 1. The summed E-state index contributed by atoms with van der Waals surface area (Å²) in [6, 6.07) is 16.8. The Morgan fingerprint density at radius 2 is 1.44 bits per heavy atom. The third-order valence-electron chi connectivity index (χ3n) is 4.41. The molecule has 0 saturated heterocycles. The van der Waals surface area contributed by atoms with Gasteiger partial charge in [-0.2, -0.15) is 5.10 Å². The minimum absolute atomic E-state index is 0.185. The molecule has 3 aromatic rings. The Morgan fingerprint density at radius 1 is 0.963 bits per heavy atom. The first-order valence-corrected chi connectivity index (χ1v) is 8.61. The van der Waals surface area contributed by atoms with E-state index in [1.54, 1.807) is 32.0 Å². The predicted octanol–water partition coefficient (Wildman–Crippen LogP) is 3.27. The van der Waals surface area contributed by atoms with Gasteiger partial charge in [0.15, 0.2) is 0 Å². The van der Waals surface area contributed by atoms with Crippen LogP contribution in [0.15, 0.2) is 54.6 Å². The molecule has 140 valence electrons. The van der Waals surface area contributed by atoms with Crippen LogP contribution >= 0.6 is 0 Å². The molecule has 0 aliphatic carbocycles. The van der Waals surface area contributed by atoms with Gasteiger partial charge in [-0.15, -0.1) is 0 Å². The van der Waals surface area contributed by atoms with Gasteiger partial charge in [0, 0.05) is 7.05 Å². The molecule has 27 heavy (non-hydrogen) atoms. The van der Waals surface area contributed by atoms with Gasteiger partial charge in [-0.25, -0.2) is 0 Å². The van der Waals surface area contributed by atoms with E-state index in [1.807, 2.05) is 55.5 Å². The molecule has 0 radical (unpaired) electrons. The standard InChI is InChI=1S/C21H23N3O3/c1-14-13-19(24(2)23-14)21(25)22-20(15-5-9-17(26-3)10-6-15)16-7-11-18(27-4)12-8-16/h5-13,20H,1-4H3,(H,22,25). The first-order chi connectivity index (χ1) is 13.0. The van der Waals surface area contributed by atoms with Crippen LogP contribution in [0, 0.1) is 6.92 Å². The molecule has 0 saturated carbocycles. The Hall–Kier alpha value is -3.28. The van der Waals surface area contributed by atoms with E-state index in [2.05, 4.69) is 10.4 Å². The molecule has 3 rings (SSSR count). The monoisotopic (exact) mass is 365 g/mol. The van der Waals surface area contributed by atoms with Crippen LogP contribution in [0.1, 0.15) is 33.4 Å². The maximum Gasteiger partial charge on any atom is 0.270 e. The highest BCUT2D eigenvalue weighted by atomic mass is 16.5. The third kappa shape index (κ3) is 4.11. The molecular weight excluding hydrogens is 342 g/mol. The van der Waals surface area contributed by atoms with Gasteiger partial charge in [-0.1, -0.05) is 24.3 Å². The first-order valence-electron chi connectivity index (χ1n) is 8.61. The maximum atomic E-state index is 12.9. The number of hydrogen-bond acceptors (Lipinski definition) is 4. The third-order valence-corrected chi connectivity index (χ3v) is 4.41. The lowest BCUT2D eigenvalue weighted by Gasteiger charge is -2.20. The Balaban J connectivity index is 1.95. The smallest absolute Gasteiger partial charge is 0.270 e. The highest BCUT2D eigenvalue weighted by Crippen LogP contribution is 2.26. The lowest BCUT2D eigenvalue weighted by Crippen LogP contribution is -2.30.